The summed E-state index contributed by atoms with van der Waals surface area (Å²) in [7, 11) is 0. The van der Waals surface area contributed by atoms with Crippen molar-refractivity contribution in [3.05, 3.63) is 35.9 Å². The lowest BCUT2D eigenvalue weighted by molar-refractivity contribution is 0.361. The Hall–Kier alpha value is 0.280. The van der Waals surface area contributed by atoms with E-state index in [0.717, 1.165) is 0 Å². The van der Waals surface area contributed by atoms with Gasteiger partial charge in [-0.15, -0.1) is 0 Å². The molecule has 1 aromatic rings. The topological polar surface area (TPSA) is 121 Å². The maximum atomic E-state index is 7.56. The van der Waals surface area contributed by atoms with Gasteiger partial charge in [0.25, 0.3) is 0 Å². The second-order valence-electron chi connectivity index (χ2n) is 4.32. The van der Waals surface area contributed by atoms with Crippen molar-refractivity contribution in [3.8, 4) is 0 Å². The standard InChI is InChI=1S/C10H14.C3H8.C2H6.2H3O3PS/c1-2-3-7-10-8-5-4-6-9-10;1-3-2;1-2;2*1-4(2,3)5/h4-6,8-9H,2-3,7H2,1H3;3H2,1-2H3;1-2H3;2*(H3,1,2,3,5). The molecule has 152 valence electrons. The van der Waals surface area contributed by atoms with Crippen molar-refractivity contribution in [2.24, 2.45) is 0 Å². The average Bonchev–Trinajstić information content (AvgIpc) is 2.46. The minimum absolute atomic E-state index is 1.23. The molecule has 0 aliphatic rings. The fraction of sp³-hybridized carbons (Fsp3) is 0.600. The molecule has 0 bridgehead atoms. The van der Waals surface area contributed by atoms with Crippen molar-refractivity contribution < 1.29 is 29.4 Å². The molecule has 0 fully saturated rings. The maximum absolute atomic E-state index is 7.56. The van der Waals surface area contributed by atoms with Crippen LogP contribution in [0.5, 0.6) is 0 Å². The zero-order valence-corrected chi connectivity index (χ0v) is 19.0. The van der Waals surface area contributed by atoms with E-state index in [1.54, 1.807) is 0 Å². The SMILES string of the molecule is CC.CCC.CCCCc1ccccc1.OP(O)(O)=S.OP(O)(O)=S. The quantitative estimate of drug-likeness (QED) is 0.395. The van der Waals surface area contributed by atoms with Crippen molar-refractivity contribution in [1.82, 2.24) is 0 Å². The molecule has 6 nitrogen and oxygen atoms in total. The molecular formula is C15H34O6P2S2. The zero-order valence-electron chi connectivity index (χ0n) is 15.6. The number of benzene rings is 1. The predicted octanol–water partition coefficient (Wildman–Crippen LogP) is 3.85. The van der Waals surface area contributed by atoms with Crippen LogP contribution < -0.4 is 0 Å². The summed E-state index contributed by atoms with van der Waals surface area (Å²) in [4.78, 5) is 45.3. The Morgan fingerprint density at radius 3 is 1.28 bits per heavy atom. The first-order valence-corrected chi connectivity index (χ1v) is 13.3. The lowest BCUT2D eigenvalue weighted by atomic mass is 10.1. The van der Waals surface area contributed by atoms with Gasteiger partial charge in [0.2, 0.25) is 0 Å². The molecule has 0 saturated carbocycles. The van der Waals surface area contributed by atoms with Crippen molar-refractivity contribution in [1.29, 1.82) is 0 Å². The molecule has 0 unspecified atom stereocenters. The van der Waals surface area contributed by atoms with Crippen molar-refractivity contribution in [2.45, 2.75) is 60.3 Å². The van der Waals surface area contributed by atoms with Crippen LogP contribution in [-0.2, 0) is 30.0 Å². The van der Waals surface area contributed by atoms with Crippen molar-refractivity contribution in [2.75, 3.05) is 0 Å². The van der Waals surface area contributed by atoms with Gasteiger partial charge >= 0.3 is 13.4 Å². The highest BCUT2D eigenvalue weighted by Crippen LogP contribution is 2.26. The molecule has 0 aliphatic carbocycles. The summed E-state index contributed by atoms with van der Waals surface area (Å²) in [6, 6.07) is 10.6. The molecule has 0 aliphatic heterocycles. The van der Waals surface area contributed by atoms with Gasteiger partial charge in [-0.3, -0.25) is 0 Å². The van der Waals surface area contributed by atoms with Crippen LogP contribution in [0.25, 0.3) is 0 Å². The highest BCUT2D eigenvalue weighted by atomic mass is 32.5. The summed E-state index contributed by atoms with van der Waals surface area (Å²) in [5, 5.41) is 0. The van der Waals surface area contributed by atoms with Gasteiger partial charge in [0.1, 0.15) is 0 Å². The molecular weight excluding hydrogens is 402 g/mol. The van der Waals surface area contributed by atoms with Crippen LogP contribution in [0.1, 0.15) is 59.4 Å². The zero-order chi connectivity index (χ0) is 20.9. The number of hydrogen-bond donors (Lipinski definition) is 6. The summed E-state index contributed by atoms with van der Waals surface area (Å²) >= 11 is 7.21. The van der Waals surface area contributed by atoms with Gasteiger partial charge in [0, 0.05) is 0 Å². The number of rotatable bonds is 3. The molecule has 1 aromatic carbocycles. The van der Waals surface area contributed by atoms with Crippen LogP contribution in [0.2, 0.25) is 0 Å². The molecule has 6 N–H and O–H groups in total. The Bertz CT molecular complexity index is 412. The van der Waals surface area contributed by atoms with Gasteiger partial charge in [0.05, 0.1) is 0 Å². The van der Waals surface area contributed by atoms with E-state index >= 15 is 0 Å². The van der Waals surface area contributed by atoms with Crippen LogP contribution >= 0.6 is 13.4 Å². The van der Waals surface area contributed by atoms with Gasteiger partial charge in [-0.05, 0) is 42.0 Å². The Kier molecular flexibility index (Phi) is 29.4. The summed E-state index contributed by atoms with van der Waals surface area (Å²) in [6.07, 6.45) is 5.08. The Labute approximate surface area is 162 Å². The van der Waals surface area contributed by atoms with Crippen LogP contribution in [0.3, 0.4) is 0 Å². The van der Waals surface area contributed by atoms with Crippen LogP contribution in [0, 0.1) is 0 Å². The van der Waals surface area contributed by atoms with E-state index in [1.165, 1.54) is 31.2 Å². The molecule has 0 heterocycles. The van der Waals surface area contributed by atoms with Crippen molar-refractivity contribution >= 4 is 37.1 Å². The van der Waals surface area contributed by atoms with Gasteiger partial charge in [-0.1, -0.05) is 77.8 Å². The average molecular weight is 437 g/mol. The molecule has 1 rings (SSSR count). The van der Waals surface area contributed by atoms with Crippen LogP contribution in [-0.4, -0.2) is 29.4 Å². The summed E-state index contributed by atoms with van der Waals surface area (Å²) in [5.41, 5.74) is 1.46. The summed E-state index contributed by atoms with van der Waals surface area (Å²) in [6.45, 7) is 2.86. The number of aryl methyl sites for hydroxylation is 1. The first-order chi connectivity index (χ1) is 11.3. The van der Waals surface area contributed by atoms with Crippen LogP contribution in [0.4, 0.5) is 0 Å². The van der Waals surface area contributed by atoms with E-state index in [2.05, 4.69) is 74.7 Å². The molecule has 0 saturated heterocycles. The Morgan fingerprint density at radius 1 is 0.760 bits per heavy atom. The molecule has 25 heavy (non-hydrogen) atoms. The minimum atomic E-state index is -3.81. The smallest absolute Gasteiger partial charge is 0.319 e. The molecule has 10 heteroatoms. The van der Waals surface area contributed by atoms with E-state index < -0.39 is 13.4 Å². The third-order valence-corrected chi connectivity index (χ3v) is 1.66. The highest BCUT2D eigenvalue weighted by Gasteiger charge is 1.92. The van der Waals surface area contributed by atoms with E-state index in [0.29, 0.717) is 0 Å². The number of unbranched alkanes of at least 4 members (excludes halogenated alkanes) is 1. The van der Waals surface area contributed by atoms with Gasteiger partial charge < -0.3 is 29.4 Å². The first-order valence-electron chi connectivity index (χ1n) is 7.95. The van der Waals surface area contributed by atoms with Gasteiger partial charge in [-0.2, -0.15) is 0 Å². The maximum Gasteiger partial charge on any atom is 0.319 e. The van der Waals surface area contributed by atoms with Crippen LogP contribution in [0.15, 0.2) is 30.3 Å². The summed E-state index contributed by atoms with van der Waals surface area (Å²) in [5.74, 6) is 0. The number of hydrogen-bond acceptors (Lipinski definition) is 2. The fourth-order valence-corrected chi connectivity index (χ4v) is 1.03. The molecule has 0 atom stereocenters. The lowest BCUT2D eigenvalue weighted by Crippen LogP contribution is -1.81. The van der Waals surface area contributed by atoms with E-state index in [4.69, 9.17) is 29.4 Å². The first kappa shape index (κ1) is 32.9. The minimum Gasteiger partial charge on any atom is -0.325 e. The normalized spacial score (nSPS) is 9.56. The Morgan fingerprint density at radius 2 is 1.04 bits per heavy atom. The Balaban J connectivity index is -0.000000126. The largest absolute Gasteiger partial charge is 0.325 e. The van der Waals surface area contributed by atoms with E-state index in [1.807, 2.05) is 13.8 Å². The molecule has 0 spiro atoms. The summed E-state index contributed by atoms with van der Waals surface area (Å²) < 4.78 is 0. The van der Waals surface area contributed by atoms with E-state index in [9.17, 15) is 0 Å². The molecule has 0 radical (unpaired) electrons. The van der Waals surface area contributed by atoms with E-state index in [-0.39, 0.29) is 0 Å². The third-order valence-electron chi connectivity index (χ3n) is 1.66. The monoisotopic (exact) mass is 436 g/mol. The van der Waals surface area contributed by atoms with Gasteiger partial charge in [0.15, 0.2) is 0 Å². The second kappa shape index (κ2) is 22.3. The second-order valence-corrected chi connectivity index (χ2v) is 9.32. The fourth-order valence-electron chi connectivity index (χ4n) is 1.03. The third kappa shape index (κ3) is 79.9. The molecule has 0 amide bonds. The van der Waals surface area contributed by atoms with Crippen molar-refractivity contribution in [3.63, 3.8) is 0 Å². The predicted molar refractivity (Wildman–Crippen MR) is 114 cm³/mol. The molecule has 0 aromatic heterocycles. The highest BCUT2D eigenvalue weighted by molar-refractivity contribution is 8.06. The lowest BCUT2D eigenvalue weighted by Gasteiger charge is -1.96. The van der Waals surface area contributed by atoms with Gasteiger partial charge in [-0.25, -0.2) is 0 Å².